The summed E-state index contributed by atoms with van der Waals surface area (Å²) in [6, 6.07) is 0.210. The molecule has 0 bridgehead atoms. The standard InChI is InChI=1S/C14H27N5O/c1-9(2)12(10(3)15)14-16-13(17-20-14)11-8-18(4)6-7-19(11)5/h9-12H,6-8,15H2,1-5H3. The molecule has 0 aliphatic carbocycles. The van der Waals surface area contributed by atoms with E-state index in [9.17, 15) is 0 Å². The third kappa shape index (κ3) is 3.19. The number of piperazine rings is 1. The minimum atomic E-state index is 0.00931. The summed E-state index contributed by atoms with van der Waals surface area (Å²) in [7, 11) is 4.24. The van der Waals surface area contributed by atoms with Gasteiger partial charge in [0.05, 0.1) is 12.0 Å². The van der Waals surface area contributed by atoms with Crippen LogP contribution < -0.4 is 5.73 Å². The SMILES string of the molecule is CC(C)C(c1nc(C2CN(C)CCN2C)no1)C(C)N. The molecule has 0 saturated carbocycles. The molecule has 1 aromatic rings. The summed E-state index contributed by atoms with van der Waals surface area (Å²) in [5.74, 6) is 1.95. The Bertz CT molecular complexity index is 423. The number of nitrogens with two attached hydrogens (primary N) is 1. The maximum atomic E-state index is 6.06. The summed E-state index contributed by atoms with van der Waals surface area (Å²) in [5.41, 5.74) is 6.06. The smallest absolute Gasteiger partial charge is 0.231 e. The number of nitrogens with zero attached hydrogens (tertiary/aromatic N) is 4. The summed E-state index contributed by atoms with van der Waals surface area (Å²) in [6.07, 6.45) is 0. The molecular formula is C14H27N5O. The minimum absolute atomic E-state index is 0.00931. The molecule has 20 heavy (non-hydrogen) atoms. The van der Waals surface area contributed by atoms with Gasteiger partial charge >= 0.3 is 0 Å². The number of likely N-dealkylation sites (N-methyl/N-ethyl adjacent to an activating group) is 2. The van der Waals surface area contributed by atoms with Crippen LogP contribution in [-0.2, 0) is 0 Å². The Morgan fingerprint density at radius 3 is 2.55 bits per heavy atom. The molecule has 3 atom stereocenters. The first-order valence-corrected chi connectivity index (χ1v) is 7.38. The highest BCUT2D eigenvalue weighted by molar-refractivity contribution is 5.03. The van der Waals surface area contributed by atoms with E-state index in [4.69, 9.17) is 10.3 Å². The fraction of sp³-hybridized carbons (Fsp3) is 0.857. The Kier molecular flexibility index (Phi) is 4.78. The van der Waals surface area contributed by atoms with Crippen molar-refractivity contribution in [3.05, 3.63) is 11.7 Å². The van der Waals surface area contributed by atoms with E-state index in [0.717, 1.165) is 25.5 Å². The van der Waals surface area contributed by atoms with Gasteiger partial charge in [-0.3, -0.25) is 4.90 Å². The highest BCUT2D eigenvalue weighted by Gasteiger charge is 2.31. The third-order valence-electron chi connectivity index (χ3n) is 4.18. The van der Waals surface area contributed by atoms with Gasteiger partial charge in [0.15, 0.2) is 5.82 Å². The Balaban J connectivity index is 2.19. The molecule has 6 heteroatoms. The number of aromatic nitrogens is 2. The van der Waals surface area contributed by atoms with Crippen molar-refractivity contribution in [2.75, 3.05) is 33.7 Å². The van der Waals surface area contributed by atoms with Crippen LogP contribution in [0.3, 0.4) is 0 Å². The van der Waals surface area contributed by atoms with Crippen molar-refractivity contribution in [1.82, 2.24) is 19.9 Å². The van der Waals surface area contributed by atoms with Crippen molar-refractivity contribution < 1.29 is 4.52 Å². The number of rotatable bonds is 4. The van der Waals surface area contributed by atoms with Crippen LogP contribution in [0.2, 0.25) is 0 Å². The number of hydrogen-bond donors (Lipinski definition) is 1. The zero-order valence-electron chi connectivity index (χ0n) is 13.2. The van der Waals surface area contributed by atoms with Crippen molar-refractivity contribution in [1.29, 1.82) is 0 Å². The second kappa shape index (κ2) is 6.20. The zero-order chi connectivity index (χ0) is 14.9. The average Bonchev–Trinajstić information content (AvgIpc) is 2.80. The van der Waals surface area contributed by atoms with E-state index < -0.39 is 0 Å². The van der Waals surface area contributed by atoms with E-state index in [1.807, 2.05) is 6.92 Å². The molecular weight excluding hydrogens is 254 g/mol. The first-order chi connectivity index (χ1) is 9.40. The lowest BCUT2D eigenvalue weighted by molar-refractivity contribution is 0.108. The van der Waals surface area contributed by atoms with Crippen LogP contribution in [0.15, 0.2) is 4.52 Å². The summed E-state index contributed by atoms with van der Waals surface area (Å²) in [4.78, 5) is 9.22. The number of hydrogen-bond acceptors (Lipinski definition) is 6. The lowest BCUT2D eigenvalue weighted by atomic mass is 9.90. The molecule has 6 nitrogen and oxygen atoms in total. The molecule has 0 spiro atoms. The average molecular weight is 281 g/mol. The van der Waals surface area contributed by atoms with Gasteiger partial charge < -0.3 is 15.2 Å². The monoisotopic (exact) mass is 281 g/mol. The maximum absolute atomic E-state index is 6.06. The van der Waals surface area contributed by atoms with Crippen LogP contribution in [0.4, 0.5) is 0 Å². The molecule has 3 unspecified atom stereocenters. The Morgan fingerprint density at radius 1 is 1.25 bits per heavy atom. The molecule has 1 aliphatic heterocycles. The van der Waals surface area contributed by atoms with Gasteiger partial charge in [-0.2, -0.15) is 4.98 Å². The van der Waals surface area contributed by atoms with Gasteiger partial charge in [-0.05, 0) is 26.9 Å². The van der Waals surface area contributed by atoms with Gasteiger partial charge in [-0.15, -0.1) is 0 Å². The van der Waals surface area contributed by atoms with Crippen LogP contribution in [0, 0.1) is 5.92 Å². The third-order valence-corrected chi connectivity index (χ3v) is 4.18. The molecule has 0 amide bonds. The summed E-state index contributed by atoms with van der Waals surface area (Å²) in [5, 5.41) is 4.20. The quantitative estimate of drug-likeness (QED) is 0.890. The highest BCUT2D eigenvalue weighted by atomic mass is 16.5. The predicted octanol–water partition coefficient (Wildman–Crippen LogP) is 1.07. The van der Waals surface area contributed by atoms with Gasteiger partial charge in [0, 0.05) is 25.7 Å². The largest absolute Gasteiger partial charge is 0.339 e. The van der Waals surface area contributed by atoms with Gasteiger partial charge in [0.1, 0.15) is 0 Å². The van der Waals surface area contributed by atoms with Crippen LogP contribution in [0.25, 0.3) is 0 Å². The first-order valence-electron chi connectivity index (χ1n) is 7.38. The predicted molar refractivity (Wildman–Crippen MR) is 78.4 cm³/mol. The van der Waals surface area contributed by atoms with Crippen LogP contribution >= 0.6 is 0 Å². The lowest BCUT2D eigenvalue weighted by Crippen LogP contribution is -2.45. The highest BCUT2D eigenvalue weighted by Crippen LogP contribution is 2.28. The fourth-order valence-electron chi connectivity index (χ4n) is 2.92. The van der Waals surface area contributed by atoms with Crippen LogP contribution in [0.1, 0.15) is 44.4 Å². The molecule has 2 rings (SSSR count). The van der Waals surface area contributed by atoms with Crippen molar-refractivity contribution in [2.24, 2.45) is 11.7 Å². The molecule has 0 aromatic carbocycles. The molecule has 1 aromatic heterocycles. The molecule has 2 N–H and O–H groups in total. The van der Waals surface area contributed by atoms with Crippen molar-refractivity contribution in [2.45, 2.75) is 38.8 Å². The fourth-order valence-corrected chi connectivity index (χ4v) is 2.92. The molecule has 1 aliphatic rings. The van der Waals surface area contributed by atoms with E-state index >= 15 is 0 Å². The van der Waals surface area contributed by atoms with Crippen LogP contribution in [-0.4, -0.2) is 59.7 Å². The summed E-state index contributed by atoms with van der Waals surface area (Å²) in [6.45, 7) is 9.30. The first kappa shape index (κ1) is 15.4. The van der Waals surface area contributed by atoms with E-state index in [1.165, 1.54) is 0 Å². The van der Waals surface area contributed by atoms with E-state index in [1.54, 1.807) is 0 Å². The maximum Gasteiger partial charge on any atom is 0.231 e. The molecule has 1 saturated heterocycles. The molecule has 0 radical (unpaired) electrons. The van der Waals surface area contributed by atoms with Crippen molar-refractivity contribution in [3.63, 3.8) is 0 Å². The Hall–Kier alpha value is -0.980. The second-order valence-corrected chi connectivity index (χ2v) is 6.38. The normalized spacial score (nSPS) is 25.1. The van der Waals surface area contributed by atoms with Crippen molar-refractivity contribution in [3.8, 4) is 0 Å². The van der Waals surface area contributed by atoms with E-state index in [2.05, 4.69) is 47.9 Å². The van der Waals surface area contributed by atoms with E-state index in [0.29, 0.717) is 11.8 Å². The second-order valence-electron chi connectivity index (χ2n) is 6.38. The summed E-state index contributed by atoms with van der Waals surface area (Å²) < 4.78 is 5.50. The Labute approximate surface area is 121 Å². The summed E-state index contributed by atoms with van der Waals surface area (Å²) >= 11 is 0. The lowest BCUT2D eigenvalue weighted by Gasteiger charge is -2.35. The zero-order valence-corrected chi connectivity index (χ0v) is 13.2. The van der Waals surface area contributed by atoms with Crippen LogP contribution in [0.5, 0.6) is 0 Å². The van der Waals surface area contributed by atoms with E-state index in [-0.39, 0.29) is 18.0 Å². The molecule has 2 heterocycles. The van der Waals surface area contributed by atoms with Gasteiger partial charge in [0.2, 0.25) is 5.89 Å². The molecule has 114 valence electrons. The Morgan fingerprint density at radius 2 is 1.95 bits per heavy atom. The molecule has 1 fully saturated rings. The van der Waals surface area contributed by atoms with Gasteiger partial charge in [-0.1, -0.05) is 19.0 Å². The topological polar surface area (TPSA) is 71.4 Å². The van der Waals surface area contributed by atoms with Gasteiger partial charge in [-0.25, -0.2) is 0 Å². The van der Waals surface area contributed by atoms with Crippen molar-refractivity contribution >= 4 is 0 Å². The van der Waals surface area contributed by atoms with Gasteiger partial charge in [0.25, 0.3) is 0 Å². The minimum Gasteiger partial charge on any atom is -0.339 e.